The Kier molecular flexibility index (Phi) is 2.52. The van der Waals surface area contributed by atoms with Crippen molar-refractivity contribution in [1.82, 2.24) is 9.78 Å². The highest BCUT2D eigenvalue weighted by Gasteiger charge is 2.29. The van der Waals surface area contributed by atoms with E-state index in [4.69, 9.17) is 4.74 Å². The number of Topliss-reactive ketones (excluding diaryl/α,β-unsaturated/α-hetero) is 1. The van der Waals surface area contributed by atoms with E-state index in [0.717, 1.165) is 0 Å². The first-order chi connectivity index (χ1) is 5.97. The summed E-state index contributed by atoms with van der Waals surface area (Å²) in [7, 11) is 3.29. The molecule has 4 nitrogen and oxygen atoms in total. The van der Waals surface area contributed by atoms with Gasteiger partial charge in [-0.1, -0.05) is 0 Å². The smallest absolute Gasteiger partial charge is 0.214 e. The van der Waals surface area contributed by atoms with Gasteiger partial charge in [0.25, 0.3) is 0 Å². The molecule has 0 aromatic carbocycles. The van der Waals surface area contributed by atoms with Gasteiger partial charge in [0, 0.05) is 20.4 Å². The van der Waals surface area contributed by atoms with E-state index >= 15 is 0 Å². The van der Waals surface area contributed by atoms with Crippen LogP contribution < -0.4 is 0 Å². The number of ketones is 1. The first kappa shape index (κ1) is 9.92. The van der Waals surface area contributed by atoms with E-state index in [0.29, 0.717) is 5.69 Å². The van der Waals surface area contributed by atoms with Crippen molar-refractivity contribution in [2.24, 2.45) is 7.05 Å². The normalized spacial score (nSPS) is 11.7. The highest BCUT2D eigenvalue weighted by molar-refractivity contribution is 6.00. The zero-order chi connectivity index (χ0) is 10.1. The average Bonchev–Trinajstić information content (AvgIpc) is 2.50. The zero-order valence-electron chi connectivity index (χ0n) is 8.37. The van der Waals surface area contributed by atoms with Gasteiger partial charge in [-0.05, 0) is 19.9 Å². The molecule has 0 radical (unpaired) electrons. The first-order valence-electron chi connectivity index (χ1n) is 4.07. The maximum Gasteiger partial charge on any atom is 0.214 e. The summed E-state index contributed by atoms with van der Waals surface area (Å²) in [6, 6.07) is 1.68. The molecule has 0 aliphatic heterocycles. The number of ether oxygens (including phenoxy) is 1. The lowest BCUT2D eigenvalue weighted by Crippen LogP contribution is -2.34. The lowest BCUT2D eigenvalue weighted by molar-refractivity contribution is 0.0223. The summed E-state index contributed by atoms with van der Waals surface area (Å²) >= 11 is 0. The van der Waals surface area contributed by atoms with Crippen LogP contribution in [0.2, 0.25) is 0 Å². The molecule has 0 saturated heterocycles. The van der Waals surface area contributed by atoms with Crippen LogP contribution in [0.3, 0.4) is 0 Å². The van der Waals surface area contributed by atoms with E-state index < -0.39 is 5.60 Å². The SMILES string of the molecule is COC(C)(C)C(=O)c1ccn(C)n1. The van der Waals surface area contributed by atoms with Crippen LogP contribution in [0.15, 0.2) is 12.3 Å². The number of hydrogen-bond donors (Lipinski definition) is 0. The third-order valence-electron chi connectivity index (χ3n) is 2.00. The summed E-state index contributed by atoms with van der Waals surface area (Å²) in [6.45, 7) is 3.45. The van der Waals surface area contributed by atoms with Crippen molar-refractivity contribution in [2.75, 3.05) is 7.11 Å². The predicted molar refractivity (Wildman–Crippen MR) is 48.6 cm³/mol. The summed E-state index contributed by atoms with van der Waals surface area (Å²) in [4.78, 5) is 11.7. The fourth-order valence-electron chi connectivity index (χ4n) is 0.937. The van der Waals surface area contributed by atoms with Crippen molar-refractivity contribution in [2.45, 2.75) is 19.4 Å². The Labute approximate surface area is 77.5 Å². The molecule has 0 aliphatic rings. The molecule has 1 heterocycles. The molecular formula is C9H14N2O2. The van der Waals surface area contributed by atoms with Gasteiger partial charge in [0.05, 0.1) is 0 Å². The van der Waals surface area contributed by atoms with Gasteiger partial charge in [0.15, 0.2) is 0 Å². The molecule has 13 heavy (non-hydrogen) atoms. The zero-order valence-corrected chi connectivity index (χ0v) is 8.37. The summed E-state index contributed by atoms with van der Waals surface area (Å²) in [5.41, 5.74) is -0.358. The van der Waals surface area contributed by atoms with Crippen LogP contribution in [-0.4, -0.2) is 28.3 Å². The van der Waals surface area contributed by atoms with Gasteiger partial charge in [0.2, 0.25) is 5.78 Å². The van der Waals surface area contributed by atoms with Crippen LogP contribution >= 0.6 is 0 Å². The highest BCUT2D eigenvalue weighted by Crippen LogP contribution is 2.14. The van der Waals surface area contributed by atoms with Crippen molar-refractivity contribution >= 4 is 5.78 Å². The van der Waals surface area contributed by atoms with Crippen molar-refractivity contribution in [1.29, 1.82) is 0 Å². The molecule has 0 N–H and O–H groups in total. The van der Waals surface area contributed by atoms with Crippen LogP contribution in [0, 0.1) is 0 Å². The van der Waals surface area contributed by atoms with Crippen LogP contribution in [0.4, 0.5) is 0 Å². The second-order valence-corrected chi connectivity index (χ2v) is 3.42. The van der Waals surface area contributed by atoms with Crippen molar-refractivity contribution < 1.29 is 9.53 Å². The lowest BCUT2D eigenvalue weighted by Gasteiger charge is -2.19. The van der Waals surface area contributed by atoms with E-state index in [-0.39, 0.29) is 5.78 Å². The minimum Gasteiger partial charge on any atom is -0.371 e. The molecule has 0 amide bonds. The summed E-state index contributed by atoms with van der Waals surface area (Å²) < 4.78 is 6.66. The summed E-state index contributed by atoms with van der Waals surface area (Å²) in [5.74, 6) is -0.101. The Morgan fingerprint density at radius 3 is 2.62 bits per heavy atom. The Morgan fingerprint density at radius 2 is 2.23 bits per heavy atom. The van der Waals surface area contributed by atoms with E-state index in [1.807, 2.05) is 0 Å². The summed E-state index contributed by atoms with van der Waals surface area (Å²) in [6.07, 6.45) is 1.74. The average molecular weight is 182 g/mol. The molecule has 0 bridgehead atoms. The van der Waals surface area contributed by atoms with Gasteiger partial charge in [-0.3, -0.25) is 9.48 Å². The minimum absolute atomic E-state index is 0.101. The second-order valence-electron chi connectivity index (χ2n) is 3.42. The minimum atomic E-state index is -0.797. The number of methoxy groups -OCH3 is 1. The van der Waals surface area contributed by atoms with Gasteiger partial charge < -0.3 is 4.74 Å². The van der Waals surface area contributed by atoms with Gasteiger partial charge in [-0.25, -0.2) is 0 Å². The Bertz CT molecular complexity index is 315. The molecule has 0 fully saturated rings. The van der Waals surface area contributed by atoms with Crippen LogP contribution in [-0.2, 0) is 11.8 Å². The lowest BCUT2D eigenvalue weighted by atomic mass is 10.0. The molecule has 0 unspecified atom stereocenters. The number of carbonyl (C=O) groups is 1. The quantitative estimate of drug-likeness (QED) is 0.656. The number of carbonyl (C=O) groups excluding carboxylic acids is 1. The maximum absolute atomic E-state index is 11.7. The number of aryl methyl sites for hydroxylation is 1. The predicted octanol–water partition coefficient (Wildman–Crippen LogP) is 1.03. The molecule has 1 aromatic heterocycles. The topological polar surface area (TPSA) is 44.1 Å². The Hall–Kier alpha value is -1.16. The molecule has 72 valence electrons. The monoisotopic (exact) mass is 182 g/mol. The fraction of sp³-hybridized carbons (Fsp3) is 0.556. The molecule has 0 aliphatic carbocycles. The van der Waals surface area contributed by atoms with Crippen LogP contribution in [0.5, 0.6) is 0 Å². The van der Waals surface area contributed by atoms with Crippen LogP contribution in [0.25, 0.3) is 0 Å². The van der Waals surface area contributed by atoms with Crippen molar-refractivity contribution in [3.63, 3.8) is 0 Å². The van der Waals surface area contributed by atoms with E-state index in [1.54, 1.807) is 37.8 Å². The van der Waals surface area contributed by atoms with Crippen molar-refractivity contribution in [3.8, 4) is 0 Å². The number of nitrogens with zero attached hydrogens (tertiary/aromatic N) is 2. The Balaban J connectivity index is 2.91. The van der Waals surface area contributed by atoms with Gasteiger partial charge in [-0.2, -0.15) is 5.10 Å². The molecule has 4 heteroatoms. The molecule has 1 aromatic rings. The molecule has 0 spiro atoms. The van der Waals surface area contributed by atoms with Gasteiger partial charge >= 0.3 is 0 Å². The molecule has 1 rings (SSSR count). The molecule has 0 saturated carbocycles. The largest absolute Gasteiger partial charge is 0.371 e. The highest BCUT2D eigenvalue weighted by atomic mass is 16.5. The van der Waals surface area contributed by atoms with E-state index in [2.05, 4.69) is 5.10 Å². The van der Waals surface area contributed by atoms with Crippen molar-refractivity contribution in [3.05, 3.63) is 18.0 Å². The van der Waals surface area contributed by atoms with E-state index in [1.165, 1.54) is 7.11 Å². The third-order valence-corrected chi connectivity index (χ3v) is 2.00. The summed E-state index contributed by atoms with van der Waals surface area (Å²) in [5, 5.41) is 4.01. The molecule has 0 atom stereocenters. The second kappa shape index (κ2) is 3.30. The number of rotatable bonds is 3. The number of hydrogen-bond acceptors (Lipinski definition) is 3. The maximum atomic E-state index is 11.7. The standard InChI is InChI=1S/C9H14N2O2/c1-9(2,13-4)8(12)7-5-6-11(3)10-7/h5-6H,1-4H3. The Morgan fingerprint density at radius 1 is 1.62 bits per heavy atom. The fourth-order valence-corrected chi connectivity index (χ4v) is 0.937. The number of aromatic nitrogens is 2. The van der Waals surface area contributed by atoms with Gasteiger partial charge in [-0.15, -0.1) is 0 Å². The third kappa shape index (κ3) is 1.95. The van der Waals surface area contributed by atoms with Gasteiger partial charge in [0.1, 0.15) is 11.3 Å². The van der Waals surface area contributed by atoms with Crippen LogP contribution in [0.1, 0.15) is 24.3 Å². The molecular weight excluding hydrogens is 168 g/mol. The first-order valence-corrected chi connectivity index (χ1v) is 4.07. The van der Waals surface area contributed by atoms with E-state index in [9.17, 15) is 4.79 Å².